The van der Waals surface area contributed by atoms with Crippen LogP contribution in [0, 0.1) is 10.8 Å². The molecule has 0 atom stereocenters. The minimum absolute atomic E-state index is 0.0635. The maximum atomic E-state index is 8.79. The zero-order valence-corrected chi connectivity index (χ0v) is 16.8. The van der Waals surface area contributed by atoms with Gasteiger partial charge in [0, 0.05) is 29.0 Å². The zero-order valence-electron chi connectivity index (χ0n) is 16.8. The van der Waals surface area contributed by atoms with E-state index in [2.05, 4.69) is 27.2 Å². The van der Waals surface area contributed by atoms with Crippen LogP contribution in [-0.4, -0.2) is 46.5 Å². The molecule has 154 valence electrons. The average molecular weight is 404 g/mol. The molecule has 0 spiro atoms. The van der Waals surface area contributed by atoms with Crippen LogP contribution >= 0.6 is 0 Å². The number of nitrogen functional groups attached to an aromatic ring is 1. The van der Waals surface area contributed by atoms with Crippen LogP contribution in [0.4, 0.5) is 11.6 Å². The third kappa shape index (κ3) is 3.66. The Morgan fingerprint density at radius 3 is 2.83 bits per heavy atom. The highest BCUT2D eigenvalue weighted by molar-refractivity contribution is 6.17. The summed E-state index contributed by atoms with van der Waals surface area (Å²) in [7, 11) is 0. The highest BCUT2D eigenvalue weighted by Gasteiger charge is 2.33. The van der Waals surface area contributed by atoms with E-state index in [0.717, 1.165) is 29.3 Å². The van der Waals surface area contributed by atoms with E-state index >= 15 is 0 Å². The van der Waals surface area contributed by atoms with Gasteiger partial charge in [-0.3, -0.25) is 5.41 Å². The number of nitrogens with two attached hydrogens (primary N) is 1. The highest BCUT2D eigenvalue weighted by atomic mass is 16.5. The summed E-state index contributed by atoms with van der Waals surface area (Å²) in [5.41, 5.74) is 8.54. The molecule has 1 aliphatic carbocycles. The minimum atomic E-state index is 0.0635. The predicted octanol–water partition coefficient (Wildman–Crippen LogP) is 3.01. The van der Waals surface area contributed by atoms with Crippen molar-refractivity contribution >= 4 is 28.3 Å². The van der Waals surface area contributed by atoms with E-state index in [9.17, 15) is 0 Å². The van der Waals surface area contributed by atoms with Crippen LogP contribution < -0.4 is 15.8 Å². The van der Waals surface area contributed by atoms with Crippen LogP contribution in [0.2, 0.25) is 0 Å². The SMILES string of the molecule is CC1(CNc2ncnc(N)c2C(=N)c2ccc3nc(OC4CC4)ccc3c2)COC1. The Hall–Kier alpha value is -3.26. The summed E-state index contributed by atoms with van der Waals surface area (Å²) >= 11 is 0. The molecule has 30 heavy (non-hydrogen) atoms. The Labute approximate surface area is 174 Å². The van der Waals surface area contributed by atoms with Gasteiger partial charge in [-0.25, -0.2) is 15.0 Å². The van der Waals surface area contributed by atoms with Crippen LogP contribution in [0.15, 0.2) is 36.7 Å². The van der Waals surface area contributed by atoms with Gasteiger partial charge in [-0.2, -0.15) is 0 Å². The third-order valence-corrected chi connectivity index (χ3v) is 5.47. The van der Waals surface area contributed by atoms with E-state index in [1.807, 2.05) is 30.3 Å². The molecule has 0 amide bonds. The predicted molar refractivity (Wildman–Crippen MR) is 115 cm³/mol. The molecule has 1 saturated carbocycles. The Bertz CT molecular complexity index is 1120. The second-order valence-corrected chi connectivity index (χ2v) is 8.39. The van der Waals surface area contributed by atoms with Crippen molar-refractivity contribution in [3.05, 3.63) is 47.8 Å². The lowest BCUT2D eigenvalue weighted by atomic mass is 9.88. The van der Waals surface area contributed by atoms with Gasteiger partial charge < -0.3 is 20.5 Å². The maximum absolute atomic E-state index is 8.79. The molecule has 2 aromatic heterocycles. The zero-order chi connectivity index (χ0) is 20.7. The molecule has 0 radical (unpaired) electrons. The van der Waals surface area contributed by atoms with E-state index in [1.54, 1.807) is 0 Å². The van der Waals surface area contributed by atoms with Gasteiger partial charge in [0.15, 0.2) is 0 Å². The summed E-state index contributed by atoms with van der Waals surface area (Å²) in [4.78, 5) is 13.0. The molecule has 5 rings (SSSR count). The van der Waals surface area contributed by atoms with Crippen molar-refractivity contribution in [2.45, 2.75) is 25.9 Å². The van der Waals surface area contributed by atoms with Gasteiger partial charge in [-0.1, -0.05) is 13.0 Å². The summed E-state index contributed by atoms with van der Waals surface area (Å²) in [5, 5.41) is 13.1. The van der Waals surface area contributed by atoms with Crippen LogP contribution in [0.5, 0.6) is 5.88 Å². The van der Waals surface area contributed by atoms with Gasteiger partial charge in [0.25, 0.3) is 0 Å². The topological polar surface area (TPSA) is 119 Å². The number of hydrogen-bond acceptors (Lipinski definition) is 8. The first-order chi connectivity index (χ1) is 14.5. The molecule has 1 aromatic carbocycles. The van der Waals surface area contributed by atoms with E-state index in [4.69, 9.17) is 20.6 Å². The Morgan fingerprint density at radius 1 is 1.27 bits per heavy atom. The number of aromatic nitrogens is 3. The number of nitrogens with one attached hydrogen (secondary N) is 2. The van der Waals surface area contributed by atoms with Gasteiger partial charge in [-0.15, -0.1) is 0 Å². The van der Waals surface area contributed by atoms with E-state index < -0.39 is 0 Å². The van der Waals surface area contributed by atoms with Crippen molar-refractivity contribution in [2.24, 2.45) is 5.41 Å². The van der Waals surface area contributed by atoms with Crippen LogP contribution in [-0.2, 0) is 4.74 Å². The first-order valence-electron chi connectivity index (χ1n) is 10.1. The van der Waals surface area contributed by atoms with Crippen LogP contribution in [0.25, 0.3) is 10.9 Å². The fraction of sp³-hybridized carbons (Fsp3) is 0.364. The first kappa shape index (κ1) is 18.7. The molecule has 2 aliphatic rings. The molecule has 3 heterocycles. The Kier molecular flexibility index (Phi) is 4.51. The van der Waals surface area contributed by atoms with Gasteiger partial charge in [0.2, 0.25) is 5.88 Å². The number of fused-ring (bicyclic) bond motifs is 1. The van der Waals surface area contributed by atoms with Crippen LogP contribution in [0.1, 0.15) is 30.9 Å². The lowest BCUT2D eigenvalue weighted by molar-refractivity contribution is -0.0924. The smallest absolute Gasteiger partial charge is 0.214 e. The molecule has 8 heteroatoms. The first-order valence-corrected chi connectivity index (χ1v) is 10.1. The molecule has 0 bridgehead atoms. The third-order valence-electron chi connectivity index (χ3n) is 5.47. The Balaban J connectivity index is 1.42. The molecular weight excluding hydrogens is 380 g/mol. The quantitative estimate of drug-likeness (QED) is 0.518. The van der Waals surface area contributed by atoms with Crippen molar-refractivity contribution in [2.75, 3.05) is 30.8 Å². The average Bonchev–Trinajstić information content (AvgIpc) is 3.54. The molecule has 4 N–H and O–H groups in total. The number of pyridine rings is 1. The molecule has 2 fully saturated rings. The molecular formula is C22H24N6O2. The number of rotatable bonds is 7. The lowest BCUT2D eigenvalue weighted by Gasteiger charge is -2.38. The summed E-state index contributed by atoms with van der Waals surface area (Å²) < 4.78 is 11.1. The second-order valence-electron chi connectivity index (χ2n) is 8.39. The van der Waals surface area contributed by atoms with Crippen molar-refractivity contribution in [3.63, 3.8) is 0 Å². The summed E-state index contributed by atoms with van der Waals surface area (Å²) in [6.07, 6.45) is 3.92. The molecule has 1 aliphatic heterocycles. The van der Waals surface area contributed by atoms with Gasteiger partial charge in [-0.05, 0) is 31.0 Å². The van der Waals surface area contributed by atoms with E-state index in [1.165, 1.54) is 6.33 Å². The summed E-state index contributed by atoms with van der Waals surface area (Å²) in [5.74, 6) is 1.49. The van der Waals surface area contributed by atoms with Crippen molar-refractivity contribution < 1.29 is 9.47 Å². The van der Waals surface area contributed by atoms with Gasteiger partial charge >= 0.3 is 0 Å². The lowest BCUT2D eigenvalue weighted by Crippen LogP contribution is -2.45. The summed E-state index contributed by atoms with van der Waals surface area (Å²) in [6.45, 7) is 4.25. The monoisotopic (exact) mass is 404 g/mol. The number of nitrogens with zero attached hydrogens (tertiary/aromatic N) is 3. The standard InChI is InChI=1S/C22H24N6O2/c1-22(10-29-11-22)9-25-21-18(20(24)26-12-27-21)19(23)14-2-6-16-13(8-14)3-7-17(28-16)30-15-4-5-15/h2-3,6-8,12,15,23H,4-5,9-11H2,1H3,(H3,24,25,26,27). The van der Waals surface area contributed by atoms with Crippen molar-refractivity contribution in [3.8, 4) is 5.88 Å². The molecule has 3 aromatic rings. The Morgan fingerprint density at radius 2 is 2.10 bits per heavy atom. The molecule has 1 saturated heterocycles. The maximum Gasteiger partial charge on any atom is 0.214 e. The van der Waals surface area contributed by atoms with E-state index in [0.29, 0.717) is 43.1 Å². The van der Waals surface area contributed by atoms with E-state index in [-0.39, 0.29) is 16.9 Å². The summed E-state index contributed by atoms with van der Waals surface area (Å²) in [6, 6.07) is 9.55. The number of ether oxygens (including phenoxy) is 2. The highest BCUT2D eigenvalue weighted by Crippen LogP contribution is 2.30. The fourth-order valence-corrected chi connectivity index (χ4v) is 3.46. The minimum Gasteiger partial charge on any atom is -0.474 e. The fourth-order valence-electron chi connectivity index (χ4n) is 3.46. The normalized spacial score (nSPS) is 17.4. The van der Waals surface area contributed by atoms with Crippen LogP contribution in [0.3, 0.4) is 0 Å². The number of anilines is 2. The van der Waals surface area contributed by atoms with Crippen molar-refractivity contribution in [1.29, 1.82) is 5.41 Å². The van der Waals surface area contributed by atoms with Gasteiger partial charge in [0.1, 0.15) is 24.1 Å². The molecule has 8 nitrogen and oxygen atoms in total. The largest absolute Gasteiger partial charge is 0.474 e. The number of hydrogen-bond donors (Lipinski definition) is 3. The second kappa shape index (κ2) is 7.21. The van der Waals surface area contributed by atoms with Crippen molar-refractivity contribution in [1.82, 2.24) is 15.0 Å². The molecule has 0 unspecified atom stereocenters. The van der Waals surface area contributed by atoms with Gasteiger partial charge in [0.05, 0.1) is 30.0 Å². The number of benzene rings is 1.